The van der Waals surface area contributed by atoms with Crippen LogP contribution in [0.4, 0.5) is 10.5 Å². The van der Waals surface area contributed by atoms with Gasteiger partial charge in [0.2, 0.25) is 0 Å². The number of carbonyl (C=O) groups excluding carboxylic acids is 1. The van der Waals surface area contributed by atoms with E-state index in [4.69, 9.17) is 23.2 Å². The maximum atomic E-state index is 12.4. The van der Waals surface area contributed by atoms with Crippen molar-refractivity contribution in [1.82, 2.24) is 4.90 Å². The van der Waals surface area contributed by atoms with Crippen LogP contribution in [0.1, 0.15) is 12.5 Å². The number of anilines is 1. The molecule has 0 unspecified atom stereocenters. The smallest absolute Gasteiger partial charge is 0.320 e. The summed E-state index contributed by atoms with van der Waals surface area (Å²) in [4.78, 5) is 14.0. The average Bonchev–Trinajstić information content (AvgIpc) is 2.49. The minimum Gasteiger partial charge on any atom is -0.320 e. The first-order chi connectivity index (χ1) is 10.1. The molecule has 2 rings (SSSR count). The summed E-state index contributed by atoms with van der Waals surface area (Å²) in [5.74, 6) is 0. The summed E-state index contributed by atoms with van der Waals surface area (Å²) in [5, 5.41) is 3.62. The third-order valence-electron chi connectivity index (χ3n) is 3.08. The van der Waals surface area contributed by atoms with Gasteiger partial charge in [0, 0.05) is 13.1 Å². The van der Waals surface area contributed by atoms with Crippen molar-refractivity contribution in [2.75, 3.05) is 11.9 Å². The summed E-state index contributed by atoms with van der Waals surface area (Å²) >= 11 is 12.1. The highest BCUT2D eigenvalue weighted by Crippen LogP contribution is 2.30. The van der Waals surface area contributed by atoms with Crippen molar-refractivity contribution in [1.29, 1.82) is 0 Å². The number of nitrogens with zero attached hydrogens (tertiary/aromatic N) is 1. The Morgan fingerprint density at radius 2 is 1.67 bits per heavy atom. The minimum atomic E-state index is -0.226. The first-order valence-corrected chi connectivity index (χ1v) is 7.41. The van der Waals surface area contributed by atoms with Crippen LogP contribution in [0.3, 0.4) is 0 Å². The zero-order valence-electron chi connectivity index (χ0n) is 11.6. The molecule has 0 saturated heterocycles. The number of benzene rings is 2. The number of hydrogen-bond donors (Lipinski definition) is 1. The van der Waals surface area contributed by atoms with Crippen LogP contribution in [0, 0.1) is 0 Å². The van der Waals surface area contributed by atoms with E-state index in [1.54, 1.807) is 23.1 Å². The lowest BCUT2D eigenvalue weighted by atomic mass is 10.2. The number of hydrogen-bond acceptors (Lipinski definition) is 1. The predicted molar refractivity (Wildman–Crippen MR) is 88.0 cm³/mol. The first kappa shape index (κ1) is 15.7. The molecule has 3 nitrogen and oxygen atoms in total. The molecule has 21 heavy (non-hydrogen) atoms. The Hall–Kier alpha value is -1.71. The Balaban J connectivity index is 2.10. The van der Waals surface area contributed by atoms with Gasteiger partial charge < -0.3 is 10.2 Å². The fourth-order valence-corrected chi connectivity index (χ4v) is 2.43. The standard InChI is InChI=1S/C16H16Cl2N2O/c1-2-20(11-12-7-4-3-5-8-12)16(21)19-15-13(17)9-6-10-14(15)18/h3-10H,2,11H2,1H3,(H,19,21). The maximum absolute atomic E-state index is 12.4. The van der Waals surface area contributed by atoms with E-state index >= 15 is 0 Å². The van der Waals surface area contributed by atoms with Crippen LogP contribution in [0.5, 0.6) is 0 Å². The Morgan fingerprint density at radius 1 is 1.05 bits per heavy atom. The monoisotopic (exact) mass is 322 g/mol. The van der Waals surface area contributed by atoms with Gasteiger partial charge in [0.1, 0.15) is 0 Å². The highest BCUT2D eigenvalue weighted by molar-refractivity contribution is 6.39. The number of urea groups is 1. The highest BCUT2D eigenvalue weighted by Gasteiger charge is 2.15. The third kappa shape index (κ3) is 4.13. The Morgan fingerprint density at radius 3 is 2.24 bits per heavy atom. The SMILES string of the molecule is CCN(Cc1ccccc1)C(=O)Nc1c(Cl)cccc1Cl. The van der Waals surface area contributed by atoms with Crippen molar-refractivity contribution < 1.29 is 4.79 Å². The molecular weight excluding hydrogens is 307 g/mol. The van der Waals surface area contributed by atoms with Crippen molar-refractivity contribution in [3.05, 3.63) is 64.1 Å². The van der Waals surface area contributed by atoms with E-state index in [-0.39, 0.29) is 6.03 Å². The van der Waals surface area contributed by atoms with Gasteiger partial charge in [-0.15, -0.1) is 0 Å². The molecular formula is C16H16Cl2N2O. The zero-order valence-corrected chi connectivity index (χ0v) is 13.2. The van der Waals surface area contributed by atoms with Gasteiger partial charge in [-0.1, -0.05) is 59.6 Å². The molecule has 0 aromatic heterocycles. The molecule has 0 bridgehead atoms. The molecule has 0 saturated carbocycles. The number of amides is 2. The van der Waals surface area contributed by atoms with Gasteiger partial charge in [-0.25, -0.2) is 4.79 Å². The summed E-state index contributed by atoms with van der Waals surface area (Å²) in [6.45, 7) is 3.05. The number of halogens is 2. The van der Waals surface area contributed by atoms with E-state index in [9.17, 15) is 4.79 Å². The molecule has 0 aliphatic carbocycles. The van der Waals surface area contributed by atoms with Gasteiger partial charge in [0.25, 0.3) is 0 Å². The fraction of sp³-hybridized carbons (Fsp3) is 0.188. The van der Waals surface area contributed by atoms with Crippen molar-refractivity contribution >= 4 is 34.9 Å². The maximum Gasteiger partial charge on any atom is 0.322 e. The Kier molecular flexibility index (Phi) is 5.48. The lowest BCUT2D eigenvalue weighted by molar-refractivity contribution is 0.212. The van der Waals surface area contributed by atoms with Gasteiger partial charge in [0.15, 0.2) is 0 Å². The number of rotatable bonds is 4. The van der Waals surface area contributed by atoms with Crippen molar-refractivity contribution in [3.8, 4) is 0 Å². The largest absolute Gasteiger partial charge is 0.322 e. The molecule has 0 heterocycles. The normalized spacial score (nSPS) is 10.2. The number of nitrogens with one attached hydrogen (secondary N) is 1. The molecule has 2 amide bonds. The quantitative estimate of drug-likeness (QED) is 0.839. The number of carbonyl (C=O) groups is 1. The molecule has 0 atom stereocenters. The first-order valence-electron chi connectivity index (χ1n) is 6.65. The van der Waals surface area contributed by atoms with Gasteiger partial charge in [-0.2, -0.15) is 0 Å². The summed E-state index contributed by atoms with van der Waals surface area (Å²) < 4.78 is 0. The van der Waals surface area contributed by atoms with Crippen LogP contribution in [0.15, 0.2) is 48.5 Å². The molecule has 110 valence electrons. The van der Waals surface area contributed by atoms with Crippen LogP contribution in [0.25, 0.3) is 0 Å². The second-order valence-electron chi connectivity index (χ2n) is 4.53. The topological polar surface area (TPSA) is 32.3 Å². The molecule has 0 fully saturated rings. The van der Waals surface area contributed by atoms with E-state index in [0.29, 0.717) is 28.8 Å². The highest BCUT2D eigenvalue weighted by atomic mass is 35.5. The lowest BCUT2D eigenvalue weighted by Gasteiger charge is -2.22. The van der Waals surface area contributed by atoms with Crippen molar-refractivity contribution in [3.63, 3.8) is 0 Å². The Labute approximate surface area is 134 Å². The van der Waals surface area contributed by atoms with Crippen LogP contribution < -0.4 is 5.32 Å². The van der Waals surface area contributed by atoms with Crippen molar-refractivity contribution in [2.45, 2.75) is 13.5 Å². The molecule has 2 aromatic rings. The van der Waals surface area contributed by atoms with Crippen molar-refractivity contribution in [2.24, 2.45) is 0 Å². The third-order valence-corrected chi connectivity index (χ3v) is 3.71. The predicted octanol–water partition coefficient (Wildman–Crippen LogP) is 5.05. The summed E-state index contributed by atoms with van der Waals surface area (Å²) in [6.07, 6.45) is 0. The van der Waals surface area contributed by atoms with E-state index in [2.05, 4.69) is 5.32 Å². The second-order valence-corrected chi connectivity index (χ2v) is 5.34. The summed E-state index contributed by atoms with van der Waals surface area (Å²) in [6, 6.07) is 14.7. The van der Waals surface area contributed by atoms with Crippen LogP contribution in [-0.2, 0) is 6.54 Å². The zero-order chi connectivity index (χ0) is 15.2. The molecule has 1 N–H and O–H groups in total. The fourth-order valence-electron chi connectivity index (χ4n) is 1.93. The Bertz CT molecular complexity index is 597. The van der Waals surface area contributed by atoms with E-state index in [1.165, 1.54) is 0 Å². The van der Waals surface area contributed by atoms with Gasteiger partial charge in [0.05, 0.1) is 15.7 Å². The van der Waals surface area contributed by atoms with Crippen LogP contribution in [0.2, 0.25) is 10.0 Å². The van der Waals surface area contributed by atoms with E-state index in [0.717, 1.165) is 5.56 Å². The molecule has 0 spiro atoms. The second kappa shape index (κ2) is 7.34. The van der Waals surface area contributed by atoms with Crippen LogP contribution >= 0.6 is 23.2 Å². The molecule has 0 radical (unpaired) electrons. The molecule has 5 heteroatoms. The van der Waals surface area contributed by atoms with E-state index in [1.807, 2.05) is 37.3 Å². The van der Waals surface area contributed by atoms with Gasteiger partial charge >= 0.3 is 6.03 Å². The van der Waals surface area contributed by atoms with Gasteiger partial charge in [-0.05, 0) is 24.6 Å². The number of para-hydroxylation sites is 1. The molecule has 0 aliphatic rings. The van der Waals surface area contributed by atoms with Crippen LogP contribution in [-0.4, -0.2) is 17.5 Å². The average molecular weight is 323 g/mol. The molecule has 0 aliphatic heterocycles. The summed E-state index contributed by atoms with van der Waals surface area (Å²) in [7, 11) is 0. The van der Waals surface area contributed by atoms with Gasteiger partial charge in [-0.3, -0.25) is 0 Å². The molecule has 2 aromatic carbocycles. The minimum absolute atomic E-state index is 0.226. The van der Waals surface area contributed by atoms with E-state index < -0.39 is 0 Å². The summed E-state index contributed by atoms with van der Waals surface area (Å²) in [5.41, 5.74) is 1.51. The lowest BCUT2D eigenvalue weighted by Crippen LogP contribution is -2.34.